The van der Waals surface area contributed by atoms with E-state index >= 15 is 0 Å². The van der Waals surface area contributed by atoms with Crippen LogP contribution in [0.3, 0.4) is 0 Å². The van der Waals surface area contributed by atoms with Gasteiger partial charge in [0.1, 0.15) is 11.6 Å². The number of carbonyl (C=O) groups excluding carboxylic acids is 1. The first kappa shape index (κ1) is 37.3. The number of carbonyl (C=O) groups is 1. The molecular formula is C32H44FN5O8S2. The molecule has 264 valence electrons. The summed E-state index contributed by atoms with van der Waals surface area (Å²) in [5, 5.41) is 9.99. The number of rotatable bonds is 9. The van der Waals surface area contributed by atoms with Crippen LogP contribution in [0, 0.1) is 11.7 Å². The van der Waals surface area contributed by atoms with Crippen molar-refractivity contribution in [2.45, 2.75) is 68.2 Å². The van der Waals surface area contributed by atoms with Gasteiger partial charge < -0.3 is 24.0 Å². The highest BCUT2D eigenvalue weighted by Gasteiger charge is 2.33. The summed E-state index contributed by atoms with van der Waals surface area (Å²) in [5.74, 6) is -1.24. The van der Waals surface area contributed by atoms with Crippen molar-refractivity contribution in [2.75, 3.05) is 38.1 Å². The Hall–Kier alpha value is -3.57. The molecule has 1 aliphatic rings. The summed E-state index contributed by atoms with van der Waals surface area (Å²) in [6, 6.07) is 8.34. The number of imidazole rings is 1. The number of halogens is 1. The molecule has 1 aliphatic heterocycles. The van der Waals surface area contributed by atoms with Crippen LogP contribution in [0.25, 0.3) is 0 Å². The van der Waals surface area contributed by atoms with Crippen LogP contribution in [0.1, 0.15) is 50.4 Å². The molecule has 1 amide bonds. The van der Waals surface area contributed by atoms with E-state index in [4.69, 9.17) is 9.47 Å². The third kappa shape index (κ3) is 9.11. The number of aliphatic hydroxyl groups excluding tert-OH is 1. The molecule has 2 N–H and O–H groups in total. The third-order valence-electron chi connectivity index (χ3n) is 8.22. The van der Waals surface area contributed by atoms with E-state index in [9.17, 15) is 31.1 Å². The number of nitrogens with zero attached hydrogens (tertiary/aromatic N) is 4. The molecule has 0 unspecified atom stereocenters. The van der Waals surface area contributed by atoms with E-state index in [1.807, 2.05) is 13.8 Å². The highest BCUT2D eigenvalue weighted by molar-refractivity contribution is 7.92. The number of aliphatic hydroxyl groups is 1. The Morgan fingerprint density at radius 1 is 1.12 bits per heavy atom. The maximum absolute atomic E-state index is 14.3. The average Bonchev–Trinajstić information content (AvgIpc) is 3.49. The molecular weight excluding hydrogens is 666 g/mol. The van der Waals surface area contributed by atoms with Gasteiger partial charge in [0.25, 0.3) is 15.9 Å². The van der Waals surface area contributed by atoms with E-state index in [0.717, 1.165) is 22.9 Å². The van der Waals surface area contributed by atoms with Crippen molar-refractivity contribution < 1.29 is 40.6 Å². The van der Waals surface area contributed by atoms with Gasteiger partial charge in [-0.25, -0.2) is 17.8 Å². The lowest BCUT2D eigenvalue weighted by Gasteiger charge is -2.35. The van der Waals surface area contributed by atoms with Gasteiger partial charge in [-0.3, -0.25) is 9.52 Å². The zero-order valence-electron chi connectivity index (χ0n) is 27.7. The molecule has 0 aliphatic carbocycles. The van der Waals surface area contributed by atoms with E-state index in [2.05, 4.69) is 9.71 Å². The average molecular weight is 710 g/mol. The minimum atomic E-state index is -4.07. The first-order chi connectivity index (χ1) is 22.6. The molecule has 0 bridgehead atoms. The number of hydrogen-bond acceptors (Lipinski definition) is 9. The molecule has 13 nitrogen and oxygen atoms in total. The topological polar surface area (TPSA) is 160 Å². The predicted octanol–water partition coefficient (Wildman–Crippen LogP) is 3.48. The van der Waals surface area contributed by atoms with Crippen LogP contribution in [-0.2, 0) is 31.8 Å². The number of ether oxygens (including phenoxy) is 2. The predicted molar refractivity (Wildman–Crippen MR) is 177 cm³/mol. The lowest BCUT2D eigenvalue weighted by Crippen LogP contribution is -2.48. The highest BCUT2D eigenvalue weighted by atomic mass is 32.2. The van der Waals surface area contributed by atoms with Gasteiger partial charge in [0.05, 0.1) is 41.6 Å². The maximum atomic E-state index is 14.3. The number of amides is 1. The van der Waals surface area contributed by atoms with Crippen molar-refractivity contribution in [1.29, 1.82) is 0 Å². The summed E-state index contributed by atoms with van der Waals surface area (Å²) in [6.07, 6.45) is 3.78. The van der Waals surface area contributed by atoms with E-state index in [0.29, 0.717) is 19.4 Å². The summed E-state index contributed by atoms with van der Waals surface area (Å²) in [7, 11) is -4.99. The molecule has 1 aromatic heterocycles. The molecule has 2 heterocycles. The van der Waals surface area contributed by atoms with Crippen molar-refractivity contribution in [3.63, 3.8) is 0 Å². The van der Waals surface area contributed by atoms with Crippen molar-refractivity contribution in [3.8, 4) is 5.75 Å². The fraction of sp³-hybridized carbons (Fsp3) is 0.500. The number of fused-ring (bicyclic) bond motifs is 1. The largest absolute Gasteiger partial charge is 0.490 e. The maximum Gasteiger partial charge on any atom is 0.280 e. The molecule has 2 aromatic carbocycles. The third-order valence-corrected chi connectivity index (χ3v) is 11.3. The number of likely N-dealkylation sites (N-methyl/N-ethyl adjacent to an activating group) is 1. The van der Waals surface area contributed by atoms with E-state index in [1.54, 1.807) is 14.0 Å². The summed E-state index contributed by atoms with van der Waals surface area (Å²) < 4.78 is 83.8. The van der Waals surface area contributed by atoms with Crippen LogP contribution < -0.4 is 9.46 Å². The van der Waals surface area contributed by atoms with Gasteiger partial charge in [-0.15, -0.1) is 0 Å². The summed E-state index contributed by atoms with van der Waals surface area (Å²) >= 11 is 0. The Morgan fingerprint density at radius 2 is 1.83 bits per heavy atom. The Labute approximate surface area is 281 Å². The lowest BCUT2D eigenvalue weighted by molar-refractivity contribution is -0.00834. The lowest BCUT2D eigenvalue weighted by atomic mass is 10.0. The van der Waals surface area contributed by atoms with Crippen LogP contribution in [-0.4, -0.2) is 98.2 Å². The number of anilines is 1. The van der Waals surface area contributed by atoms with Gasteiger partial charge in [0.15, 0.2) is 5.03 Å². The number of aromatic nitrogens is 2. The van der Waals surface area contributed by atoms with Gasteiger partial charge in [-0.05, 0) is 75.6 Å². The first-order valence-electron chi connectivity index (χ1n) is 15.7. The standard InChI is InChI=1S/C32H44FN5O8S2/c1-22-17-38(23(2)20-39)32(40)28-16-26(35-47(41,42)31-19-36(4)21-34-31)11-14-29(28)46-24(3)8-6-7-15-45-30(22)18-37(5)48(43,44)27-12-9-25(33)10-13-27/h9-14,16,19,21-24,30,35,39H,6-8,15,17-18,20H2,1-5H3/t22-,23+,24+,30-/m0/s1. The molecule has 16 heteroatoms. The van der Waals surface area contributed by atoms with E-state index in [-0.39, 0.29) is 52.7 Å². The molecule has 0 saturated heterocycles. The zero-order chi connectivity index (χ0) is 35.2. The fourth-order valence-electron chi connectivity index (χ4n) is 5.32. The van der Waals surface area contributed by atoms with Crippen LogP contribution in [0.5, 0.6) is 5.75 Å². The quantitative estimate of drug-likeness (QED) is 0.339. The summed E-state index contributed by atoms with van der Waals surface area (Å²) in [4.78, 5) is 19.6. The van der Waals surface area contributed by atoms with Crippen molar-refractivity contribution >= 4 is 31.6 Å². The Kier molecular flexibility index (Phi) is 12.2. The second-order valence-corrected chi connectivity index (χ2v) is 15.9. The number of nitrogens with one attached hydrogen (secondary N) is 1. The Morgan fingerprint density at radius 3 is 2.48 bits per heavy atom. The molecule has 4 rings (SSSR count). The van der Waals surface area contributed by atoms with Crippen molar-refractivity contribution in [2.24, 2.45) is 13.0 Å². The van der Waals surface area contributed by atoms with Crippen molar-refractivity contribution in [1.82, 2.24) is 18.8 Å². The van der Waals surface area contributed by atoms with Crippen molar-refractivity contribution in [3.05, 3.63) is 66.4 Å². The molecule has 0 radical (unpaired) electrons. The minimum absolute atomic E-state index is 0.0496. The molecule has 3 aromatic rings. The molecule has 4 atom stereocenters. The normalized spacial score (nSPS) is 20.9. The summed E-state index contributed by atoms with van der Waals surface area (Å²) in [5.41, 5.74) is 0.199. The van der Waals surface area contributed by atoms with Gasteiger partial charge in [-0.2, -0.15) is 12.7 Å². The fourth-order valence-corrected chi connectivity index (χ4v) is 7.54. The highest BCUT2D eigenvalue weighted by Crippen LogP contribution is 2.29. The van der Waals surface area contributed by atoms with Crippen LogP contribution in [0.2, 0.25) is 0 Å². The smallest absolute Gasteiger partial charge is 0.280 e. The van der Waals surface area contributed by atoms with Gasteiger partial charge in [-0.1, -0.05) is 6.92 Å². The molecule has 0 spiro atoms. The van der Waals surface area contributed by atoms with Gasteiger partial charge in [0.2, 0.25) is 10.0 Å². The monoisotopic (exact) mass is 709 g/mol. The summed E-state index contributed by atoms with van der Waals surface area (Å²) in [6.45, 7) is 5.35. The second-order valence-electron chi connectivity index (χ2n) is 12.2. The van der Waals surface area contributed by atoms with E-state index in [1.165, 1.54) is 59.4 Å². The van der Waals surface area contributed by atoms with Crippen LogP contribution in [0.15, 0.2) is 64.9 Å². The number of sulfonamides is 2. The Balaban J connectivity index is 1.67. The number of benzene rings is 2. The molecule has 0 saturated carbocycles. The SMILES string of the molecule is C[C@@H]1CCCCO[C@@H](CN(C)S(=O)(=O)c2ccc(F)cc2)[C@@H](C)CN([C@H](C)CO)C(=O)c2cc(NS(=O)(=O)c3cn(C)cn3)ccc2O1. The zero-order valence-corrected chi connectivity index (χ0v) is 29.4. The molecule has 48 heavy (non-hydrogen) atoms. The number of hydrogen-bond donors (Lipinski definition) is 2. The minimum Gasteiger partial charge on any atom is -0.490 e. The second kappa shape index (κ2) is 15.8. The number of aryl methyl sites for hydroxylation is 1. The van der Waals surface area contributed by atoms with E-state index < -0.39 is 49.8 Å². The van der Waals surface area contributed by atoms with Crippen LogP contribution >= 0.6 is 0 Å². The Bertz CT molecular complexity index is 1770. The first-order valence-corrected chi connectivity index (χ1v) is 18.6. The molecule has 0 fully saturated rings. The van der Waals surface area contributed by atoms with Gasteiger partial charge in [0, 0.05) is 51.6 Å². The van der Waals surface area contributed by atoms with Crippen LogP contribution in [0.4, 0.5) is 10.1 Å². The van der Waals surface area contributed by atoms with Gasteiger partial charge >= 0.3 is 0 Å².